The molecule has 2 aliphatic heterocycles. The molecule has 3 heterocycles. The largest absolute Gasteiger partial charge is 0.477 e. The van der Waals surface area contributed by atoms with Gasteiger partial charge in [-0.2, -0.15) is 4.37 Å². The molecule has 2 aliphatic rings. The van der Waals surface area contributed by atoms with Gasteiger partial charge < -0.3 is 14.5 Å². The van der Waals surface area contributed by atoms with Crippen LogP contribution in [0.25, 0.3) is 0 Å². The summed E-state index contributed by atoms with van der Waals surface area (Å²) in [4.78, 5) is 20.7. The van der Waals surface area contributed by atoms with E-state index in [1.54, 1.807) is 4.90 Å². The van der Waals surface area contributed by atoms with Crippen LogP contribution in [0.3, 0.4) is 0 Å². The Morgan fingerprint density at radius 2 is 1.82 bits per heavy atom. The molecule has 0 aliphatic carbocycles. The number of likely N-dealkylation sites (tertiary alicyclic amines) is 1. The van der Waals surface area contributed by atoms with Gasteiger partial charge in [-0.15, -0.1) is 0 Å². The molecule has 0 spiro atoms. The molecule has 4 rings (SSSR count). The van der Waals surface area contributed by atoms with Gasteiger partial charge in [0.05, 0.1) is 0 Å². The first-order valence-electron chi connectivity index (χ1n) is 10.8. The van der Waals surface area contributed by atoms with Crippen molar-refractivity contribution in [3.8, 4) is 5.75 Å². The zero-order valence-corrected chi connectivity index (χ0v) is 20.3. The molecule has 0 saturated carbocycles. The molecule has 33 heavy (non-hydrogen) atoms. The molecule has 180 valence electrons. The zero-order chi connectivity index (χ0) is 23.9. The Bertz CT molecular complexity index is 1150. The lowest BCUT2D eigenvalue weighted by Gasteiger charge is -2.36. The van der Waals surface area contributed by atoms with E-state index in [-0.39, 0.29) is 17.9 Å². The molecule has 2 fully saturated rings. The number of aromatic nitrogens is 2. The number of amides is 1. The number of carbonyl (C=O) groups excluding carboxylic acids is 1. The predicted molar refractivity (Wildman–Crippen MR) is 119 cm³/mol. The van der Waals surface area contributed by atoms with Crippen LogP contribution in [0, 0.1) is 11.6 Å². The van der Waals surface area contributed by atoms with E-state index in [2.05, 4.69) is 28.1 Å². The van der Waals surface area contributed by atoms with Crippen LogP contribution in [-0.2, 0) is 14.6 Å². The van der Waals surface area contributed by atoms with Gasteiger partial charge in [0.1, 0.15) is 16.5 Å². The van der Waals surface area contributed by atoms with E-state index in [1.807, 2.05) is 0 Å². The third-order valence-electron chi connectivity index (χ3n) is 5.97. The Kier molecular flexibility index (Phi) is 6.59. The maximum absolute atomic E-state index is 14.4. The molecule has 8 nitrogen and oxygen atoms in total. The van der Waals surface area contributed by atoms with E-state index in [9.17, 15) is 22.0 Å². The first-order chi connectivity index (χ1) is 15.5. The van der Waals surface area contributed by atoms with Gasteiger partial charge in [-0.05, 0) is 18.9 Å². The minimum Gasteiger partial charge on any atom is -0.477 e. The molecule has 12 heteroatoms. The number of carbonyl (C=O) groups is 1. The number of piperidine rings is 1. The third kappa shape index (κ3) is 4.96. The molecule has 1 unspecified atom stereocenters. The quantitative estimate of drug-likeness (QED) is 0.602. The standard InChI is InChI=1S/C21H26F2N4O4S2/c1-12(2)19-24-21(32-25-19)26-7-4-13(5-8-26)27-9-6-16(20(27)28)31-17-10-15(23)18(11-14(17)22)33(3,29)30/h10-13,16H,4-9H2,1-3H3. The van der Waals surface area contributed by atoms with Crippen molar-refractivity contribution in [2.45, 2.75) is 56.1 Å². The lowest BCUT2D eigenvalue weighted by atomic mass is 10.0. The second-order valence-electron chi connectivity index (χ2n) is 8.72. The molecule has 1 atom stereocenters. The lowest BCUT2D eigenvalue weighted by molar-refractivity contribution is -0.135. The van der Waals surface area contributed by atoms with Gasteiger partial charge >= 0.3 is 0 Å². The Hall–Kier alpha value is -2.34. The number of sulfone groups is 1. The highest BCUT2D eigenvalue weighted by molar-refractivity contribution is 7.90. The summed E-state index contributed by atoms with van der Waals surface area (Å²) >= 11 is 1.39. The van der Waals surface area contributed by atoms with Crippen LogP contribution in [0.4, 0.5) is 13.9 Å². The highest BCUT2D eigenvalue weighted by Gasteiger charge is 2.39. The molecule has 2 saturated heterocycles. The SMILES string of the molecule is CC(C)c1nsc(N2CCC(N3CCC(Oc4cc(F)c(S(C)(=O)=O)cc4F)C3=O)CC2)n1. The van der Waals surface area contributed by atoms with Gasteiger partial charge in [0, 0.05) is 61.9 Å². The second kappa shape index (κ2) is 9.13. The minimum absolute atomic E-state index is 0.0361. The van der Waals surface area contributed by atoms with Crippen molar-refractivity contribution in [2.75, 3.05) is 30.8 Å². The summed E-state index contributed by atoms with van der Waals surface area (Å²) in [5.74, 6) is -1.76. The summed E-state index contributed by atoms with van der Waals surface area (Å²) in [5, 5.41) is 0.890. The van der Waals surface area contributed by atoms with E-state index >= 15 is 0 Å². The maximum atomic E-state index is 14.4. The zero-order valence-electron chi connectivity index (χ0n) is 18.6. The molecule has 1 amide bonds. The topological polar surface area (TPSA) is 92.7 Å². The fourth-order valence-electron chi connectivity index (χ4n) is 4.14. The van der Waals surface area contributed by atoms with Crippen molar-refractivity contribution in [1.29, 1.82) is 0 Å². The first kappa shape index (κ1) is 23.8. The van der Waals surface area contributed by atoms with Crippen molar-refractivity contribution < 1.29 is 26.7 Å². The average Bonchev–Trinajstić information content (AvgIpc) is 3.38. The monoisotopic (exact) mass is 500 g/mol. The van der Waals surface area contributed by atoms with Crippen LogP contribution in [0.5, 0.6) is 5.75 Å². The van der Waals surface area contributed by atoms with Crippen LogP contribution in [-0.4, -0.2) is 66.6 Å². The molecule has 0 N–H and O–H groups in total. The number of nitrogens with zero attached hydrogens (tertiary/aromatic N) is 4. The molecule has 0 radical (unpaired) electrons. The average molecular weight is 501 g/mol. The highest BCUT2D eigenvalue weighted by Crippen LogP contribution is 2.31. The Morgan fingerprint density at radius 3 is 2.42 bits per heavy atom. The minimum atomic E-state index is -3.92. The third-order valence-corrected chi connectivity index (χ3v) is 7.87. The van der Waals surface area contributed by atoms with Crippen LogP contribution < -0.4 is 9.64 Å². The number of halogens is 2. The van der Waals surface area contributed by atoms with Crippen molar-refractivity contribution in [3.63, 3.8) is 0 Å². The number of anilines is 1. The summed E-state index contributed by atoms with van der Waals surface area (Å²) in [6.07, 6.45) is 1.74. The van der Waals surface area contributed by atoms with E-state index in [4.69, 9.17) is 4.74 Å². The molecule has 1 aromatic carbocycles. The molecule has 0 bridgehead atoms. The summed E-state index contributed by atoms with van der Waals surface area (Å²) < 4.78 is 61.5. The molecular formula is C21H26F2N4O4S2. The van der Waals surface area contributed by atoms with E-state index in [1.165, 1.54) is 11.5 Å². The van der Waals surface area contributed by atoms with Gasteiger partial charge in [-0.3, -0.25) is 4.79 Å². The second-order valence-corrected chi connectivity index (χ2v) is 11.4. The van der Waals surface area contributed by atoms with Crippen molar-refractivity contribution >= 4 is 32.4 Å². The van der Waals surface area contributed by atoms with Crippen LogP contribution in [0.2, 0.25) is 0 Å². The van der Waals surface area contributed by atoms with Crippen LogP contribution >= 0.6 is 11.5 Å². The Morgan fingerprint density at radius 1 is 1.12 bits per heavy atom. The van der Waals surface area contributed by atoms with E-state index in [0.29, 0.717) is 25.1 Å². The van der Waals surface area contributed by atoms with E-state index in [0.717, 1.165) is 43.1 Å². The highest BCUT2D eigenvalue weighted by atomic mass is 32.2. The van der Waals surface area contributed by atoms with Gasteiger partial charge in [-0.25, -0.2) is 22.2 Å². The number of hydrogen-bond donors (Lipinski definition) is 0. The smallest absolute Gasteiger partial charge is 0.263 e. The Balaban J connectivity index is 1.37. The number of ether oxygens (including phenoxy) is 1. The number of rotatable bonds is 6. The Labute approximate surface area is 195 Å². The lowest BCUT2D eigenvalue weighted by Crippen LogP contribution is -2.47. The van der Waals surface area contributed by atoms with Crippen LogP contribution in [0.1, 0.15) is 44.9 Å². The molecular weight excluding hydrogens is 474 g/mol. The normalized spacial score (nSPS) is 20.2. The number of hydrogen-bond acceptors (Lipinski definition) is 8. The molecule has 1 aromatic heterocycles. The van der Waals surface area contributed by atoms with Gasteiger partial charge in [0.2, 0.25) is 5.13 Å². The molecule has 2 aromatic rings. The maximum Gasteiger partial charge on any atom is 0.263 e. The van der Waals surface area contributed by atoms with Crippen molar-refractivity contribution in [2.24, 2.45) is 0 Å². The fraction of sp³-hybridized carbons (Fsp3) is 0.571. The number of benzene rings is 1. The van der Waals surface area contributed by atoms with Crippen LogP contribution in [0.15, 0.2) is 17.0 Å². The summed E-state index contributed by atoms with van der Waals surface area (Å²) in [7, 11) is -3.92. The summed E-state index contributed by atoms with van der Waals surface area (Å²) in [5.41, 5.74) is 0. The van der Waals surface area contributed by atoms with Gasteiger partial charge in [0.25, 0.3) is 5.91 Å². The van der Waals surface area contributed by atoms with Crippen molar-refractivity contribution in [3.05, 3.63) is 29.6 Å². The van der Waals surface area contributed by atoms with Crippen molar-refractivity contribution in [1.82, 2.24) is 14.3 Å². The van der Waals surface area contributed by atoms with Gasteiger partial charge in [0.15, 0.2) is 27.5 Å². The van der Waals surface area contributed by atoms with Gasteiger partial charge in [-0.1, -0.05) is 13.8 Å². The first-order valence-corrected chi connectivity index (χ1v) is 13.5. The summed E-state index contributed by atoms with van der Waals surface area (Å²) in [6, 6.07) is 1.31. The fourth-order valence-corrected chi connectivity index (χ4v) is 5.73. The predicted octanol–water partition coefficient (Wildman–Crippen LogP) is 2.99. The summed E-state index contributed by atoms with van der Waals surface area (Å²) in [6.45, 7) is 6.07. The van der Waals surface area contributed by atoms with E-state index < -0.39 is 38.2 Å².